The van der Waals surface area contributed by atoms with Gasteiger partial charge in [-0.25, -0.2) is 9.98 Å². The van der Waals surface area contributed by atoms with Crippen molar-refractivity contribution in [3.63, 3.8) is 0 Å². The highest BCUT2D eigenvalue weighted by molar-refractivity contribution is 5.98. The molecule has 1 N–H and O–H groups in total. The number of guanidine groups is 1. The van der Waals surface area contributed by atoms with Crippen LogP contribution in [0.25, 0.3) is 11.3 Å². The van der Waals surface area contributed by atoms with Gasteiger partial charge in [-0.3, -0.25) is 9.48 Å². The Hall–Kier alpha value is -3.62. The molecule has 1 saturated heterocycles. The molecular weight excluding hydrogens is 382 g/mol. The third kappa shape index (κ3) is 4.35. The summed E-state index contributed by atoms with van der Waals surface area (Å²) in [6.45, 7) is 4.51. The third-order valence-electron chi connectivity index (χ3n) is 4.83. The summed E-state index contributed by atoms with van der Waals surface area (Å²) in [7, 11) is 1.84. The standard InChI is InChI=1S/C21H25N7O2/c1-3-22-21(24-13-19-23-12-18(30-19)16-7-5-4-6-8-16)27-9-10-28(20(29)15-27)17-11-25-26(2)14-17/h4-8,11-12,14H,3,9-10,13,15H2,1-2H3,(H,22,24). The van der Waals surface area contributed by atoms with E-state index >= 15 is 0 Å². The smallest absolute Gasteiger partial charge is 0.246 e. The van der Waals surface area contributed by atoms with E-state index in [1.807, 2.05) is 55.4 Å². The number of nitrogens with one attached hydrogen (secondary N) is 1. The number of amides is 1. The molecule has 1 amide bonds. The maximum Gasteiger partial charge on any atom is 0.246 e. The van der Waals surface area contributed by atoms with E-state index in [0.717, 1.165) is 11.3 Å². The van der Waals surface area contributed by atoms with Crippen molar-refractivity contribution in [2.75, 3.05) is 31.1 Å². The van der Waals surface area contributed by atoms with E-state index in [2.05, 4.69) is 20.4 Å². The van der Waals surface area contributed by atoms with Crippen molar-refractivity contribution in [2.24, 2.45) is 12.0 Å². The first-order chi connectivity index (χ1) is 14.6. The number of aromatic nitrogens is 3. The molecule has 30 heavy (non-hydrogen) atoms. The zero-order chi connectivity index (χ0) is 20.9. The first-order valence-electron chi connectivity index (χ1n) is 9.96. The molecule has 4 rings (SSSR count). The largest absolute Gasteiger partial charge is 0.439 e. The molecule has 0 aliphatic carbocycles. The van der Waals surface area contributed by atoms with Crippen LogP contribution in [0.1, 0.15) is 12.8 Å². The molecule has 0 saturated carbocycles. The Morgan fingerprint density at radius 1 is 1.23 bits per heavy atom. The quantitative estimate of drug-likeness (QED) is 0.513. The topological polar surface area (TPSA) is 91.8 Å². The number of oxazole rings is 1. The summed E-state index contributed by atoms with van der Waals surface area (Å²) in [5.74, 6) is 1.94. The van der Waals surface area contributed by atoms with Crippen molar-refractivity contribution in [1.29, 1.82) is 0 Å². The number of carbonyl (C=O) groups excluding carboxylic acids is 1. The number of aryl methyl sites for hydroxylation is 1. The second-order valence-electron chi connectivity index (χ2n) is 6.99. The second kappa shape index (κ2) is 8.81. The van der Waals surface area contributed by atoms with Crippen molar-refractivity contribution in [2.45, 2.75) is 13.5 Å². The van der Waals surface area contributed by atoms with Crippen LogP contribution in [-0.2, 0) is 18.4 Å². The van der Waals surface area contributed by atoms with Gasteiger partial charge in [0.15, 0.2) is 11.7 Å². The number of nitrogens with zero attached hydrogens (tertiary/aromatic N) is 6. The van der Waals surface area contributed by atoms with Crippen LogP contribution in [0.3, 0.4) is 0 Å². The number of hydrogen-bond donors (Lipinski definition) is 1. The zero-order valence-electron chi connectivity index (χ0n) is 17.2. The third-order valence-corrected chi connectivity index (χ3v) is 4.83. The van der Waals surface area contributed by atoms with E-state index < -0.39 is 0 Å². The molecule has 1 aliphatic heterocycles. The molecular formula is C21H25N7O2. The maximum absolute atomic E-state index is 12.7. The van der Waals surface area contributed by atoms with Gasteiger partial charge in [-0.2, -0.15) is 5.10 Å². The van der Waals surface area contributed by atoms with Gasteiger partial charge in [-0.05, 0) is 6.92 Å². The predicted molar refractivity (Wildman–Crippen MR) is 114 cm³/mol. The van der Waals surface area contributed by atoms with Crippen LogP contribution in [0.5, 0.6) is 0 Å². The minimum Gasteiger partial charge on any atom is -0.439 e. The summed E-state index contributed by atoms with van der Waals surface area (Å²) in [6.07, 6.45) is 5.27. The number of aliphatic imine (C=N–C) groups is 1. The van der Waals surface area contributed by atoms with Crippen LogP contribution >= 0.6 is 0 Å². The number of anilines is 1. The molecule has 0 bridgehead atoms. The van der Waals surface area contributed by atoms with Crippen LogP contribution in [-0.4, -0.2) is 57.7 Å². The molecule has 0 spiro atoms. The molecule has 1 aliphatic rings. The number of rotatable bonds is 5. The van der Waals surface area contributed by atoms with Crippen LogP contribution in [0.2, 0.25) is 0 Å². The monoisotopic (exact) mass is 407 g/mol. The Morgan fingerprint density at radius 2 is 2.07 bits per heavy atom. The normalized spacial score (nSPS) is 15.0. The van der Waals surface area contributed by atoms with Gasteiger partial charge in [0.05, 0.1) is 18.1 Å². The van der Waals surface area contributed by atoms with Crippen LogP contribution in [0.15, 0.2) is 58.3 Å². The van der Waals surface area contributed by atoms with Crippen molar-refractivity contribution in [1.82, 2.24) is 25.0 Å². The number of carbonyl (C=O) groups is 1. The lowest BCUT2D eigenvalue weighted by atomic mass is 10.2. The fraction of sp³-hybridized carbons (Fsp3) is 0.333. The summed E-state index contributed by atoms with van der Waals surface area (Å²) in [5.41, 5.74) is 1.79. The zero-order valence-corrected chi connectivity index (χ0v) is 17.2. The minimum atomic E-state index is 0.0161. The molecule has 2 aromatic heterocycles. The first kappa shape index (κ1) is 19.7. The first-order valence-corrected chi connectivity index (χ1v) is 9.96. The van der Waals surface area contributed by atoms with Crippen LogP contribution in [0, 0.1) is 0 Å². The SMILES string of the molecule is CCNC(=NCc1ncc(-c2ccccc2)o1)N1CCN(c2cnn(C)c2)C(=O)C1. The summed E-state index contributed by atoms with van der Waals surface area (Å²) >= 11 is 0. The summed E-state index contributed by atoms with van der Waals surface area (Å²) in [6, 6.07) is 9.83. The van der Waals surface area contributed by atoms with E-state index in [0.29, 0.717) is 43.8 Å². The lowest BCUT2D eigenvalue weighted by molar-refractivity contribution is -0.120. The van der Waals surface area contributed by atoms with Gasteiger partial charge in [0.1, 0.15) is 13.1 Å². The van der Waals surface area contributed by atoms with E-state index in [4.69, 9.17) is 4.42 Å². The van der Waals surface area contributed by atoms with E-state index in [1.165, 1.54) is 0 Å². The average molecular weight is 407 g/mol. The van der Waals surface area contributed by atoms with Crippen molar-refractivity contribution >= 4 is 17.6 Å². The summed E-state index contributed by atoms with van der Waals surface area (Å²) in [5, 5.41) is 7.41. The van der Waals surface area contributed by atoms with Crippen molar-refractivity contribution in [3.05, 3.63) is 54.8 Å². The van der Waals surface area contributed by atoms with Gasteiger partial charge >= 0.3 is 0 Å². The number of benzene rings is 1. The van der Waals surface area contributed by atoms with Crippen molar-refractivity contribution in [3.8, 4) is 11.3 Å². The van der Waals surface area contributed by atoms with E-state index in [9.17, 15) is 4.79 Å². The minimum absolute atomic E-state index is 0.0161. The van der Waals surface area contributed by atoms with Crippen LogP contribution < -0.4 is 10.2 Å². The highest BCUT2D eigenvalue weighted by Crippen LogP contribution is 2.20. The van der Waals surface area contributed by atoms with Gasteiger partial charge in [0.2, 0.25) is 11.8 Å². The molecule has 0 radical (unpaired) electrons. The molecule has 0 atom stereocenters. The molecule has 3 aromatic rings. The molecule has 3 heterocycles. The predicted octanol–water partition coefficient (Wildman–Crippen LogP) is 1.89. The molecule has 156 valence electrons. The highest BCUT2D eigenvalue weighted by atomic mass is 16.4. The molecule has 9 heteroatoms. The molecule has 1 aromatic carbocycles. The lowest BCUT2D eigenvalue weighted by Crippen LogP contribution is -2.55. The average Bonchev–Trinajstić information content (AvgIpc) is 3.41. The van der Waals surface area contributed by atoms with Gasteiger partial charge in [0, 0.05) is 38.4 Å². The lowest BCUT2D eigenvalue weighted by Gasteiger charge is -2.35. The summed E-state index contributed by atoms with van der Waals surface area (Å²) in [4.78, 5) is 25.4. The van der Waals surface area contributed by atoms with E-state index in [1.54, 1.807) is 22.0 Å². The highest BCUT2D eigenvalue weighted by Gasteiger charge is 2.27. The van der Waals surface area contributed by atoms with Gasteiger partial charge in [-0.15, -0.1) is 0 Å². The number of piperazine rings is 1. The summed E-state index contributed by atoms with van der Waals surface area (Å²) < 4.78 is 7.53. The van der Waals surface area contributed by atoms with Gasteiger partial charge < -0.3 is 19.5 Å². The molecule has 9 nitrogen and oxygen atoms in total. The maximum atomic E-state index is 12.7. The van der Waals surface area contributed by atoms with E-state index in [-0.39, 0.29) is 12.5 Å². The fourth-order valence-electron chi connectivity index (χ4n) is 3.36. The number of hydrogen-bond acceptors (Lipinski definition) is 5. The fourth-order valence-corrected chi connectivity index (χ4v) is 3.36. The molecule has 1 fully saturated rings. The van der Waals surface area contributed by atoms with Gasteiger partial charge in [-0.1, -0.05) is 30.3 Å². The Kier molecular flexibility index (Phi) is 5.78. The van der Waals surface area contributed by atoms with Crippen LogP contribution in [0.4, 0.5) is 5.69 Å². The van der Waals surface area contributed by atoms with Crippen molar-refractivity contribution < 1.29 is 9.21 Å². The Bertz CT molecular complexity index is 1020. The molecule has 0 unspecified atom stereocenters. The Labute approximate surface area is 175 Å². The van der Waals surface area contributed by atoms with Gasteiger partial charge in [0.25, 0.3) is 0 Å². The Balaban J connectivity index is 1.43. The Morgan fingerprint density at radius 3 is 2.77 bits per heavy atom. The second-order valence-corrected chi connectivity index (χ2v) is 6.99.